The number of nitrogens with one attached hydrogen (secondary N) is 1. The summed E-state index contributed by atoms with van der Waals surface area (Å²) in [5, 5.41) is 3.25. The molecule has 0 bridgehead atoms. The minimum absolute atomic E-state index is 0.399. The molecule has 0 aliphatic heterocycles. The number of ether oxygens (including phenoxy) is 1. The van der Waals surface area contributed by atoms with Gasteiger partial charge in [0.05, 0.1) is 0 Å². The molecule has 0 aromatic carbocycles. The Labute approximate surface area is 110 Å². The Morgan fingerprint density at radius 3 is 2.44 bits per heavy atom. The number of nitrogens with zero attached hydrogens (tertiary/aromatic N) is 2. The van der Waals surface area contributed by atoms with Gasteiger partial charge in [-0.2, -0.15) is 0 Å². The molecule has 1 atom stereocenters. The Morgan fingerprint density at radius 1 is 1.22 bits per heavy atom. The van der Waals surface area contributed by atoms with Crippen molar-refractivity contribution in [3.63, 3.8) is 0 Å². The summed E-state index contributed by atoms with van der Waals surface area (Å²) in [6.45, 7) is 11.9. The van der Waals surface area contributed by atoms with Crippen LogP contribution in [-0.4, -0.2) is 23.1 Å². The second kappa shape index (κ2) is 6.69. The minimum atomic E-state index is -0.399. The molecule has 1 rings (SSSR count). The lowest BCUT2D eigenvalue weighted by atomic mass is 10.0. The van der Waals surface area contributed by atoms with Gasteiger partial charge in [-0.1, -0.05) is 13.8 Å². The molecule has 18 heavy (non-hydrogen) atoms. The van der Waals surface area contributed by atoms with Gasteiger partial charge < -0.3 is 10.1 Å². The maximum absolute atomic E-state index is 5.84. The first kappa shape index (κ1) is 14.9. The van der Waals surface area contributed by atoms with Crippen molar-refractivity contribution < 1.29 is 4.74 Å². The van der Waals surface area contributed by atoms with Gasteiger partial charge in [0.25, 0.3) is 0 Å². The van der Waals surface area contributed by atoms with Crippen LogP contribution in [0.3, 0.4) is 0 Å². The fraction of sp³-hybridized carbons (Fsp3) is 0.714. The average molecular weight is 251 g/mol. The van der Waals surface area contributed by atoms with Crippen molar-refractivity contribution in [1.29, 1.82) is 0 Å². The second-order valence-corrected chi connectivity index (χ2v) is 4.47. The molecule has 0 aliphatic carbocycles. The zero-order valence-corrected chi connectivity index (χ0v) is 12.2. The predicted molar refractivity (Wildman–Crippen MR) is 74.8 cm³/mol. The third-order valence-electron chi connectivity index (χ3n) is 3.11. The summed E-state index contributed by atoms with van der Waals surface area (Å²) < 4.78 is 5.84. The van der Waals surface area contributed by atoms with E-state index >= 15 is 0 Å². The van der Waals surface area contributed by atoms with E-state index in [9.17, 15) is 0 Å². The molecule has 0 spiro atoms. The summed E-state index contributed by atoms with van der Waals surface area (Å²) in [4.78, 5) is 9.20. The van der Waals surface area contributed by atoms with Gasteiger partial charge in [-0.3, -0.25) is 0 Å². The number of anilines is 1. The van der Waals surface area contributed by atoms with Crippen molar-refractivity contribution in [2.75, 3.05) is 18.5 Å². The molecule has 1 heterocycles. The van der Waals surface area contributed by atoms with Gasteiger partial charge in [0, 0.05) is 24.9 Å². The minimum Gasteiger partial charge on any atom is -0.370 e. The topological polar surface area (TPSA) is 47.0 Å². The van der Waals surface area contributed by atoms with E-state index in [2.05, 4.69) is 43.0 Å². The largest absolute Gasteiger partial charge is 0.370 e. The van der Waals surface area contributed by atoms with Gasteiger partial charge >= 0.3 is 0 Å². The average Bonchev–Trinajstić information content (AvgIpc) is 2.38. The van der Waals surface area contributed by atoms with Gasteiger partial charge in [0.15, 0.2) is 5.82 Å². The maximum atomic E-state index is 5.84. The van der Waals surface area contributed by atoms with Gasteiger partial charge in [-0.05, 0) is 33.6 Å². The van der Waals surface area contributed by atoms with Crippen LogP contribution in [0.2, 0.25) is 0 Å². The summed E-state index contributed by atoms with van der Waals surface area (Å²) in [7, 11) is 0. The summed E-state index contributed by atoms with van der Waals surface area (Å²) in [5.41, 5.74) is 0.653. The quantitative estimate of drug-likeness (QED) is 0.808. The number of rotatable bonds is 7. The van der Waals surface area contributed by atoms with Gasteiger partial charge in [0.2, 0.25) is 0 Å². The van der Waals surface area contributed by atoms with Crippen LogP contribution in [0.15, 0.2) is 6.07 Å². The Hall–Kier alpha value is -1.16. The summed E-state index contributed by atoms with van der Waals surface area (Å²) in [6, 6.07) is 2.01. The van der Waals surface area contributed by atoms with Crippen molar-refractivity contribution >= 4 is 5.82 Å². The van der Waals surface area contributed by atoms with E-state index in [0.717, 1.165) is 36.7 Å². The molecule has 0 amide bonds. The molecular weight excluding hydrogens is 226 g/mol. The van der Waals surface area contributed by atoms with E-state index in [1.165, 1.54) is 0 Å². The molecule has 0 radical (unpaired) electrons. The molecule has 4 heteroatoms. The summed E-state index contributed by atoms with van der Waals surface area (Å²) >= 11 is 0. The summed E-state index contributed by atoms with van der Waals surface area (Å²) in [6.07, 6.45) is 1.76. The third-order valence-corrected chi connectivity index (χ3v) is 3.11. The van der Waals surface area contributed by atoms with E-state index < -0.39 is 5.60 Å². The SMILES string of the molecule is CCNc1cc(CC)nc(C(C)(CC)OCC)n1. The molecule has 0 fully saturated rings. The van der Waals surface area contributed by atoms with Crippen LogP contribution < -0.4 is 5.32 Å². The van der Waals surface area contributed by atoms with E-state index in [1.807, 2.05) is 13.0 Å². The van der Waals surface area contributed by atoms with Crippen LogP contribution in [0, 0.1) is 0 Å². The normalized spacial score (nSPS) is 14.3. The van der Waals surface area contributed by atoms with Crippen LogP contribution in [0.4, 0.5) is 5.82 Å². The van der Waals surface area contributed by atoms with Crippen molar-refractivity contribution in [3.8, 4) is 0 Å². The fourth-order valence-corrected chi connectivity index (χ4v) is 1.83. The molecule has 1 N–H and O–H groups in total. The second-order valence-electron chi connectivity index (χ2n) is 4.47. The van der Waals surface area contributed by atoms with E-state index in [0.29, 0.717) is 6.61 Å². The van der Waals surface area contributed by atoms with Gasteiger partial charge in [-0.25, -0.2) is 9.97 Å². The molecular formula is C14H25N3O. The third kappa shape index (κ3) is 3.42. The van der Waals surface area contributed by atoms with Crippen LogP contribution in [0.1, 0.15) is 52.6 Å². The number of aromatic nitrogens is 2. The zero-order chi connectivity index (χ0) is 13.6. The highest BCUT2D eigenvalue weighted by Crippen LogP contribution is 2.27. The number of hydrogen-bond acceptors (Lipinski definition) is 4. The molecule has 0 aliphatic rings. The van der Waals surface area contributed by atoms with Crippen LogP contribution in [0.25, 0.3) is 0 Å². The monoisotopic (exact) mass is 251 g/mol. The first-order valence-corrected chi connectivity index (χ1v) is 6.85. The predicted octanol–water partition coefficient (Wildman–Crippen LogP) is 3.13. The Bertz CT molecular complexity index is 381. The highest BCUT2D eigenvalue weighted by Gasteiger charge is 2.29. The standard InChI is InChI=1S/C14H25N3O/c1-6-11-10-12(15-8-3)17-13(16-11)14(5,7-2)18-9-4/h10H,6-9H2,1-5H3,(H,15,16,17). The summed E-state index contributed by atoms with van der Waals surface area (Å²) in [5.74, 6) is 1.67. The molecule has 1 aromatic heterocycles. The van der Waals surface area contributed by atoms with Gasteiger partial charge in [-0.15, -0.1) is 0 Å². The molecule has 102 valence electrons. The molecule has 1 aromatic rings. The Balaban J connectivity index is 3.16. The smallest absolute Gasteiger partial charge is 0.162 e. The lowest BCUT2D eigenvalue weighted by Crippen LogP contribution is -2.28. The maximum Gasteiger partial charge on any atom is 0.162 e. The molecule has 4 nitrogen and oxygen atoms in total. The van der Waals surface area contributed by atoms with E-state index in [1.54, 1.807) is 0 Å². The van der Waals surface area contributed by atoms with Crippen molar-refractivity contribution in [2.45, 2.75) is 53.1 Å². The number of hydrogen-bond donors (Lipinski definition) is 1. The van der Waals surface area contributed by atoms with Gasteiger partial charge in [0.1, 0.15) is 11.4 Å². The lowest BCUT2D eigenvalue weighted by Gasteiger charge is -2.27. The van der Waals surface area contributed by atoms with Crippen molar-refractivity contribution in [3.05, 3.63) is 17.6 Å². The zero-order valence-electron chi connectivity index (χ0n) is 12.2. The number of aryl methyl sites for hydroxylation is 1. The highest BCUT2D eigenvalue weighted by molar-refractivity contribution is 5.36. The molecule has 0 saturated carbocycles. The Morgan fingerprint density at radius 2 is 1.94 bits per heavy atom. The lowest BCUT2D eigenvalue weighted by molar-refractivity contribution is -0.0390. The van der Waals surface area contributed by atoms with Crippen molar-refractivity contribution in [2.24, 2.45) is 0 Å². The Kier molecular flexibility index (Phi) is 5.54. The van der Waals surface area contributed by atoms with Crippen LogP contribution in [-0.2, 0) is 16.8 Å². The molecule has 0 saturated heterocycles. The first-order chi connectivity index (χ1) is 8.59. The van der Waals surface area contributed by atoms with E-state index in [-0.39, 0.29) is 0 Å². The van der Waals surface area contributed by atoms with Crippen LogP contribution in [0.5, 0.6) is 0 Å². The molecule has 1 unspecified atom stereocenters. The highest BCUT2D eigenvalue weighted by atomic mass is 16.5. The first-order valence-electron chi connectivity index (χ1n) is 6.85. The van der Waals surface area contributed by atoms with Crippen molar-refractivity contribution in [1.82, 2.24) is 9.97 Å². The van der Waals surface area contributed by atoms with Crippen LogP contribution >= 0.6 is 0 Å². The fourth-order valence-electron chi connectivity index (χ4n) is 1.83. The van der Waals surface area contributed by atoms with E-state index in [4.69, 9.17) is 4.74 Å².